The second kappa shape index (κ2) is 7.48. The number of carbonyl (C=O) groups excluding carboxylic acids is 1. The standard InChI is InChI=1S/C20H16N2O4/c1-14-12-16(22(24)25)10-11-19(14)21-20(23)15-6-5-9-18(13-15)26-17-7-3-2-4-8-17/h2-13H,1H3,(H,21,23). The van der Waals surface area contributed by atoms with E-state index in [9.17, 15) is 14.9 Å². The lowest BCUT2D eigenvalue weighted by molar-refractivity contribution is -0.384. The van der Waals surface area contributed by atoms with Crippen LogP contribution in [0.25, 0.3) is 0 Å². The van der Waals surface area contributed by atoms with Crippen LogP contribution in [-0.2, 0) is 0 Å². The number of para-hydroxylation sites is 1. The average Bonchev–Trinajstić information content (AvgIpc) is 2.64. The van der Waals surface area contributed by atoms with Gasteiger partial charge in [-0.05, 0) is 48.9 Å². The van der Waals surface area contributed by atoms with Gasteiger partial charge >= 0.3 is 0 Å². The van der Waals surface area contributed by atoms with Crippen LogP contribution in [0.15, 0.2) is 72.8 Å². The van der Waals surface area contributed by atoms with Crippen LogP contribution in [0.3, 0.4) is 0 Å². The number of nitrogens with one attached hydrogen (secondary N) is 1. The lowest BCUT2D eigenvalue weighted by Crippen LogP contribution is -2.12. The van der Waals surface area contributed by atoms with Gasteiger partial charge in [-0.3, -0.25) is 14.9 Å². The molecule has 0 aliphatic heterocycles. The highest BCUT2D eigenvalue weighted by Crippen LogP contribution is 2.24. The van der Waals surface area contributed by atoms with Crippen molar-refractivity contribution < 1.29 is 14.5 Å². The van der Waals surface area contributed by atoms with Crippen molar-refractivity contribution in [2.45, 2.75) is 6.92 Å². The molecule has 0 heterocycles. The molecule has 0 spiro atoms. The van der Waals surface area contributed by atoms with Gasteiger partial charge in [0.25, 0.3) is 11.6 Å². The minimum Gasteiger partial charge on any atom is -0.457 e. The Morgan fingerprint density at radius 2 is 1.69 bits per heavy atom. The molecule has 0 saturated heterocycles. The van der Waals surface area contributed by atoms with E-state index in [0.29, 0.717) is 28.3 Å². The van der Waals surface area contributed by atoms with Gasteiger partial charge in [0.05, 0.1) is 4.92 Å². The number of nitro groups is 1. The van der Waals surface area contributed by atoms with Crippen LogP contribution in [0.4, 0.5) is 11.4 Å². The number of anilines is 1. The first-order valence-corrected chi connectivity index (χ1v) is 7.92. The van der Waals surface area contributed by atoms with E-state index in [-0.39, 0.29) is 11.6 Å². The molecule has 3 aromatic rings. The molecule has 0 aliphatic rings. The van der Waals surface area contributed by atoms with Gasteiger partial charge in [0, 0.05) is 23.4 Å². The van der Waals surface area contributed by atoms with Gasteiger partial charge in [-0.15, -0.1) is 0 Å². The highest BCUT2D eigenvalue weighted by atomic mass is 16.6. The minimum atomic E-state index is -0.469. The molecule has 3 rings (SSSR count). The van der Waals surface area contributed by atoms with E-state index in [1.807, 2.05) is 30.3 Å². The number of non-ortho nitro benzene ring substituents is 1. The number of hydrogen-bond acceptors (Lipinski definition) is 4. The van der Waals surface area contributed by atoms with E-state index in [0.717, 1.165) is 0 Å². The molecule has 0 saturated carbocycles. The van der Waals surface area contributed by atoms with Gasteiger partial charge in [-0.25, -0.2) is 0 Å². The van der Waals surface area contributed by atoms with Crippen molar-refractivity contribution >= 4 is 17.3 Å². The lowest BCUT2D eigenvalue weighted by Gasteiger charge is -2.10. The van der Waals surface area contributed by atoms with Crippen molar-refractivity contribution in [1.29, 1.82) is 0 Å². The Balaban J connectivity index is 1.76. The maximum Gasteiger partial charge on any atom is 0.269 e. The number of nitrogens with zero attached hydrogens (tertiary/aromatic N) is 1. The van der Waals surface area contributed by atoms with Crippen LogP contribution in [0.1, 0.15) is 15.9 Å². The molecule has 0 aromatic heterocycles. The zero-order chi connectivity index (χ0) is 18.5. The summed E-state index contributed by atoms with van der Waals surface area (Å²) in [6.07, 6.45) is 0. The van der Waals surface area contributed by atoms with E-state index in [2.05, 4.69) is 5.32 Å². The predicted octanol–water partition coefficient (Wildman–Crippen LogP) is 4.95. The molecule has 6 nitrogen and oxygen atoms in total. The van der Waals surface area contributed by atoms with E-state index in [4.69, 9.17) is 4.74 Å². The number of benzene rings is 3. The van der Waals surface area contributed by atoms with Crippen LogP contribution >= 0.6 is 0 Å². The fourth-order valence-corrected chi connectivity index (χ4v) is 2.42. The Morgan fingerprint density at radius 1 is 0.962 bits per heavy atom. The molecule has 0 radical (unpaired) electrons. The third-order valence-electron chi connectivity index (χ3n) is 3.74. The van der Waals surface area contributed by atoms with Crippen LogP contribution < -0.4 is 10.1 Å². The fourth-order valence-electron chi connectivity index (χ4n) is 2.42. The van der Waals surface area contributed by atoms with Crippen LogP contribution in [0.5, 0.6) is 11.5 Å². The SMILES string of the molecule is Cc1cc([N+](=O)[O-])ccc1NC(=O)c1cccc(Oc2ccccc2)c1. The normalized spacial score (nSPS) is 10.2. The largest absolute Gasteiger partial charge is 0.457 e. The topological polar surface area (TPSA) is 81.5 Å². The number of rotatable bonds is 5. The Kier molecular flexibility index (Phi) is 4.94. The molecule has 3 aromatic carbocycles. The van der Waals surface area contributed by atoms with Gasteiger partial charge in [0.15, 0.2) is 0 Å². The summed E-state index contributed by atoms with van der Waals surface area (Å²) < 4.78 is 5.73. The zero-order valence-corrected chi connectivity index (χ0v) is 14.0. The number of carbonyl (C=O) groups is 1. The molecular weight excluding hydrogens is 332 g/mol. The van der Waals surface area contributed by atoms with Gasteiger partial charge in [-0.2, -0.15) is 0 Å². The molecule has 6 heteroatoms. The summed E-state index contributed by atoms with van der Waals surface area (Å²) in [6.45, 7) is 1.71. The Morgan fingerprint density at radius 3 is 2.38 bits per heavy atom. The van der Waals surface area contributed by atoms with E-state index < -0.39 is 4.92 Å². The highest BCUT2D eigenvalue weighted by molar-refractivity contribution is 6.04. The molecule has 0 atom stereocenters. The quantitative estimate of drug-likeness (QED) is 0.522. The molecule has 0 aliphatic carbocycles. The van der Waals surface area contributed by atoms with E-state index in [1.54, 1.807) is 31.2 Å². The summed E-state index contributed by atoms with van der Waals surface area (Å²) >= 11 is 0. The number of aryl methyl sites for hydroxylation is 1. The first-order chi connectivity index (χ1) is 12.5. The van der Waals surface area contributed by atoms with Crippen molar-refractivity contribution in [3.05, 3.63) is 94.0 Å². The second-order valence-electron chi connectivity index (χ2n) is 5.65. The summed E-state index contributed by atoms with van der Waals surface area (Å²) in [5.74, 6) is 0.904. The summed E-state index contributed by atoms with van der Waals surface area (Å²) in [6, 6.07) is 20.4. The number of hydrogen-bond donors (Lipinski definition) is 1. The lowest BCUT2D eigenvalue weighted by atomic mass is 10.1. The van der Waals surface area contributed by atoms with E-state index in [1.165, 1.54) is 18.2 Å². The summed E-state index contributed by atoms with van der Waals surface area (Å²) in [5.41, 5.74) is 1.55. The molecule has 26 heavy (non-hydrogen) atoms. The smallest absolute Gasteiger partial charge is 0.269 e. The van der Waals surface area contributed by atoms with Gasteiger partial charge < -0.3 is 10.1 Å². The Hall–Kier alpha value is -3.67. The van der Waals surface area contributed by atoms with E-state index >= 15 is 0 Å². The average molecular weight is 348 g/mol. The molecular formula is C20H16N2O4. The van der Waals surface area contributed by atoms with Crippen LogP contribution in [0.2, 0.25) is 0 Å². The molecule has 1 N–H and O–H groups in total. The maximum absolute atomic E-state index is 12.5. The van der Waals surface area contributed by atoms with Crippen LogP contribution in [-0.4, -0.2) is 10.8 Å². The molecule has 130 valence electrons. The number of nitro benzene ring substituents is 1. The third-order valence-corrected chi connectivity index (χ3v) is 3.74. The Labute approximate surface area is 150 Å². The summed E-state index contributed by atoms with van der Waals surface area (Å²) in [5, 5.41) is 13.6. The van der Waals surface area contributed by atoms with Crippen molar-refractivity contribution in [2.24, 2.45) is 0 Å². The number of amides is 1. The minimum absolute atomic E-state index is 0.0150. The monoisotopic (exact) mass is 348 g/mol. The first kappa shape index (κ1) is 17.2. The second-order valence-corrected chi connectivity index (χ2v) is 5.65. The van der Waals surface area contributed by atoms with Crippen molar-refractivity contribution in [2.75, 3.05) is 5.32 Å². The van der Waals surface area contributed by atoms with Gasteiger partial charge in [0.1, 0.15) is 11.5 Å². The first-order valence-electron chi connectivity index (χ1n) is 7.92. The third kappa shape index (κ3) is 4.05. The van der Waals surface area contributed by atoms with Crippen molar-refractivity contribution in [1.82, 2.24) is 0 Å². The predicted molar refractivity (Wildman–Crippen MR) is 98.7 cm³/mol. The molecule has 0 bridgehead atoms. The fraction of sp³-hybridized carbons (Fsp3) is 0.0500. The summed E-state index contributed by atoms with van der Waals surface area (Å²) in [4.78, 5) is 22.8. The highest BCUT2D eigenvalue weighted by Gasteiger charge is 2.12. The Bertz CT molecular complexity index is 955. The molecule has 1 amide bonds. The van der Waals surface area contributed by atoms with Gasteiger partial charge in [-0.1, -0.05) is 24.3 Å². The zero-order valence-electron chi connectivity index (χ0n) is 14.0. The van der Waals surface area contributed by atoms with Crippen molar-refractivity contribution in [3.63, 3.8) is 0 Å². The van der Waals surface area contributed by atoms with Crippen LogP contribution in [0, 0.1) is 17.0 Å². The molecule has 0 unspecified atom stereocenters. The maximum atomic E-state index is 12.5. The summed E-state index contributed by atoms with van der Waals surface area (Å²) in [7, 11) is 0. The molecule has 0 fully saturated rings. The number of ether oxygens (including phenoxy) is 1. The van der Waals surface area contributed by atoms with Gasteiger partial charge in [0.2, 0.25) is 0 Å². The van der Waals surface area contributed by atoms with Crippen molar-refractivity contribution in [3.8, 4) is 11.5 Å².